The van der Waals surface area contributed by atoms with E-state index in [0.717, 1.165) is 23.4 Å². The first-order chi connectivity index (χ1) is 11.5. The van der Waals surface area contributed by atoms with Crippen molar-refractivity contribution in [2.24, 2.45) is 0 Å². The van der Waals surface area contributed by atoms with Crippen LogP contribution in [0.4, 0.5) is 10.1 Å². The van der Waals surface area contributed by atoms with Gasteiger partial charge in [-0.2, -0.15) is 0 Å². The highest BCUT2D eigenvalue weighted by Gasteiger charge is 2.24. The molecule has 5 nitrogen and oxygen atoms in total. The van der Waals surface area contributed by atoms with Gasteiger partial charge in [0.2, 0.25) is 15.9 Å². The minimum Gasteiger partial charge on any atom is -0.311 e. The Morgan fingerprint density at radius 2 is 1.75 bits per heavy atom. The molecule has 7 heteroatoms. The Morgan fingerprint density at radius 3 is 2.50 bits per heavy atom. The second-order valence-corrected chi connectivity index (χ2v) is 7.29. The highest BCUT2D eigenvalue weighted by atomic mass is 32.2. The zero-order valence-corrected chi connectivity index (χ0v) is 13.7. The molecular weight excluding hydrogens is 331 g/mol. The van der Waals surface area contributed by atoms with Gasteiger partial charge in [0.1, 0.15) is 5.82 Å². The summed E-state index contributed by atoms with van der Waals surface area (Å²) in [5, 5.41) is 0. The van der Waals surface area contributed by atoms with Crippen molar-refractivity contribution >= 4 is 21.6 Å². The van der Waals surface area contributed by atoms with Crippen LogP contribution < -0.4 is 9.62 Å². The van der Waals surface area contributed by atoms with E-state index < -0.39 is 15.8 Å². The van der Waals surface area contributed by atoms with Crippen LogP contribution in [0.25, 0.3) is 0 Å². The van der Waals surface area contributed by atoms with E-state index in [9.17, 15) is 17.6 Å². The number of nitrogens with zero attached hydrogens (tertiary/aromatic N) is 1. The second-order valence-electron chi connectivity index (χ2n) is 5.53. The number of anilines is 1. The maximum absolute atomic E-state index is 12.9. The third-order valence-electron chi connectivity index (χ3n) is 3.94. The monoisotopic (exact) mass is 348 g/mol. The summed E-state index contributed by atoms with van der Waals surface area (Å²) >= 11 is 0. The fourth-order valence-corrected chi connectivity index (χ4v) is 3.75. The molecule has 1 N–H and O–H groups in total. The number of para-hydroxylation sites is 1. The molecule has 0 aromatic heterocycles. The van der Waals surface area contributed by atoms with Crippen molar-refractivity contribution in [2.75, 3.05) is 18.0 Å². The molecule has 24 heavy (non-hydrogen) atoms. The molecule has 0 atom stereocenters. The lowest BCUT2D eigenvalue weighted by Crippen LogP contribution is -2.41. The van der Waals surface area contributed by atoms with Crippen molar-refractivity contribution in [3.63, 3.8) is 0 Å². The average molecular weight is 348 g/mol. The third-order valence-corrected chi connectivity index (χ3v) is 5.42. The highest BCUT2D eigenvalue weighted by Crippen LogP contribution is 2.27. The molecule has 1 aliphatic heterocycles. The van der Waals surface area contributed by atoms with E-state index in [0.29, 0.717) is 12.8 Å². The zero-order valence-electron chi connectivity index (χ0n) is 12.9. The number of carbonyl (C=O) groups is 1. The van der Waals surface area contributed by atoms with E-state index in [1.807, 2.05) is 24.3 Å². The molecule has 1 heterocycles. The molecule has 3 rings (SSSR count). The molecule has 0 bridgehead atoms. The second kappa shape index (κ2) is 6.70. The molecule has 2 aromatic carbocycles. The minimum atomic E-state index is -3.73. The number of nitrogens with one attached hydrogen (secondary N) is 1. The summed E-state index contributed by atoms with van der Waals surface area (Å²) < 4.78 is 39.7. The van der Waals surface area contributed by atoms with Gasteiger partial charge in [0.05, 0.1) is 4.90 Å². The number of carbonyl (C=O) groups excluding carboxylic acids is 1. The molecule has 0 unspecified atom stereocenters. The van der Waals surface area contributed by atoms with Gasteiger partial charge in [-0.3, -0.25) is 4.79 Å². The summed E-state index contributed by atoms with van der Waals surface area (Å²) in [5.41, 5.74) is 1.91. The van der Waals surface area contributed by atoms with E-state index in [1.54, 1.807) is 4.90 Å². The van der Waals surface area contributed by atoms with Crippen molar-refractivity contribution in [3.05, 3.63) is 59.9 Å². The number of benzene rings is 2. The first kappa shape index (κ1) is 16.6. The lowest BCUT2D eigenvalue weighted by Gasteiger charge is -2.29. The number of aryl methyl sites for hydroxylation is 1. The quantitative estimate of drug-likeness (QED) is 0.900. The molecule has 0 saturated carbocycles. The van der Waals surface area contributed by atoms with Crippen LogP contribution in [0, 0.1) is 5.82 Å². The van der Waals surface area contributed by atoms with E-state index in [-0.39, 0.29) is 23.9 Å². The Morgan fingerprint density at radius 1 is 1.04 bits per heavy atom. The molecule has 2 aromatic rings. The number of amides is 1. The Balaban J connectivity index is 1.68. The van der Waals surface area contributed by atoms with Crippen LogP contribution in [0.5, 0.6) is 0 Å². The Kier molecular flexibility index (Phi) is 4.64. The molecule has 0 spiro atoms. The fourth-order valence-electron chi connectivity index (χ4n) is 2.73. The molecule has 0 fully saturated rings. The van der Waals surface area contributed by atoms with Gasteiger partial charge < -0.3 is 4.90 Å². The van der Waals surface area contributed by atoms with Crippen molar-refractivity contribution < 1.29 is 17.6 Å². The third kappa shape index (κ3) is 3.47. The van der Waals surface area contributed by atoms with Crippen LogP contribution in [0.3, 0.4) is 0 Å². The molecule has 0 radical (unpaired) electrons. The lowest BCUT2D eigenvalue weighted by molar-refractivity contribution is -0.118. The number of hydrogen-bond donors (Lipinski definition) is 1. The summed E-state index contributed by atoms with van der Waals surface area (Å²) in [4.78, 5) is 13.7. The van der Waals surface area contributed by atoms with Gasteiger partial charge in [-0.25, -0.2) is 17.5 Å². The SMILES string of the molecule is O=C1CCc2ccccc2N1CCNS(=O)(=O)c1ccc(F)cc1. The van der Waals surface area contributed by atoms with Gasteiger partial charge in [-0.15, -0.1) is 0 Å². The van der Waals surface area contributed by atoms with Gasteiger partial charge in [0, 0.05) is 25.2 Å². The Labute approximate surface area is 140 Å². The molecule has 0 saturated heterocycles. The standard InChI is InChI=1S/C17H17FN2O3S/c18-14-6-8-15(9-7-14)24(22,23)19-11-12-20-16-4-2-1-3-13(16)5-10-17(20)21/h1-4,6-9,19H,5,10-12H2. The maximum Gasteiger partial charge on any atom is 0.240 e. The van der Waals surface area contributed by atoms with Gasteiger partial charge in [-0.1, -0.05) is 18.2 Å². The smallest absolute Gasteiger partial charge is 0.240 e. The van der Waals surface area contributed by atoms with Crippen LogP contribution >= 0.6 is 0 Å². The predicted octanol–water partition coefficient (Wildman–Crippen LogP) is 2.08. The van der Waals surface area contributed by atoms with Crippen molar-refractivity contribution in [2.45, 2.75) is 17.7 Å². The van der Waals surface area contributed by atoms with Crippen molar-refractivity contribution in [1.82, 2.24) is 4.72 Å². The van der Waals surface area contributed by atoms with Crippen LogP contribution in [0.1, 0.15) is 12.0 Å². The summed E-state index contributed by atoms with van der Waals surface area (Å²) in [5.74, 6) is -0.515. The highest BCUT2D eigenvalue weighted by molar-refractivity contribution is 7.89. The summed E-state index contributed by atoms with van der Waals surface area (Å²) in [7, 11) is -3.73. The van der Waals surface area contributed by atoms with E-state index >= 15 is 0 Å². The predicted molar refractivity (Wildman–Crippen MR) is 88.7 cm³/mol. The van der Waals surface area contributed by atoms with Gasteiger partial charge in [0.25, 0.3) is 0 Å². The summed E-state index contributed by atoms with van der Waals surface area (Å²) in [6.45, 7) is 0.329. The van der Waals surface area contributed by atoms with E-state index in [2.05, 4.69) is 4.72 Å². The molecule has 126 valence electrons. The maximum atomic E-state index is 12.9. The number of halogens is 1. The zero-order chi connectivity index (χ0) is 17.2. The molecular formula is C17H17FN2O3S. The largest absolute Gasteiger partial charge is 0.311 e. The first-order valence-corrected chi connectivity index (χ1v) is 9.09. The Bertz CT molecular complexity index is 850. The number of rotatable bonds is 5. The summed E-state index contributed by atoms with van der Waals surface area (Å²) in [6, 6.07) is 12.2. The van der Waals surface area contributed by atoms with Gasteiger partial charge in [0.15, 0.2) is 0 Å². The van der Waals surface area contributed by atoms with Crippen LogP contribution in [-0.2, 0) is 21.2 Å². The Hall–Kier alpha value is -2.25. The molecule has 1 amide bonds. The molecule has 1 aliphatic rings. The fraction of sp³-hybridized carbons (Fsp3) is 0.235. The normalized spacial score (nSPS) is 14.5. The lowest BCUT2D eigenvalue weighted by atomic mass is 10.0. The van der Waals surface area contributed by atoms with Gasteiger partial charge >= 0.3 is 0 Å². The number of sulfonamides is 1. The van der Waals surface area contributed by atoms with Crippen LogP contribution in [0.2, 0.25) is 0 Å². The van der Waals surface area contributed by atoms with Crippen molar-refractivity contribution in [1.29, 1.82) is 0 Å². The topological polar surface area (TPSA) is 66.5 Å². The summed E-state index contributed by atoms with van der Waals surface area (Å²) in [6.07, 6.45) is 1.12. The minimum absolute atomic E-state index is 0.00530. The number of fused-ring (bicyclic) bond motifs is 1. The van der Waals surface area contributed by atoms with Crippen molar-refractivity contribution in [3.8, 4) is 0 Å². The van der Waals surface area contributed by atoms with E-state index in [1.165, 1.54) is 12.1 Å². The van der Waals surface area contributed by atoms with E-state index in [4.69, 9.17) is 0 Å². The average Bonchev–Trinajstić information content (AvgIpc) is 2.57. The van der Waals surface area contributed by atoms with Gasteiger partial charge in [-0.05, 0) is 42.3 Å². The van der Waals surface area contributed by atoms with Crippen LogP contribution in [-0.4, -0.2) is 27.4 Å². The van der Waals surface area contributed by atoms with Crippen LogP contribution in [0.15, 0.2) is 53.4 Å². The first-order valence-electron chi connectivity index (χ1n) is 7.61. The number of hydrogen-bond acceptors (Lipinski definition) is 3. The molecule has 0 aliphatic carbocycles.